The van der Waals surface area contributed by atoms with Gasteiger partial charge in [0.25, 0.3) is 0 Å². The average Bonchev–Trinajstić information content (AvgIpc) is 3.25. The maximum Gasteiger partial charge on any atom is 0.573 e. The molecule has 0 spiro atoms. The zero-order chi connectivity index (χ0) is 17.5. The van der Waals surface area contributed by atoms with Gasteiger partial charge in [0.2, 0.25) is 0 Å². The number of hydrogen-bond donors (Lipinski definition) is 0. The van der Waals surface area contributed by atoms with Crippen LogP contribution in [-0.4, -0.2) is 22.1 Å². The Balaban J connectivity index is 2.08. The van der Waals surface area contributed by atoms with Crippen LogP contribution in [0.3, 0.4) is 0 Å². The molecule has 1 saturated carbocycles. The van der Waals surface area contributed by atoms with E-state index in [1.807, 2.05) is 24.6 Å². The van der Waals surface area contributed by atoms with E-state index in [0.29, 0.717) is 30.5 Å². The van der Waals surface area contributed by atoms with Crippen molar-refractivity contribution in [3.05, 3.63) is 28.5 Å². The Bertz CT molecular complexity index is 757. The molecule has 0 saturated heterocycles. The summed E-state index contributed by atoms with van der Waals surface area (Å²) in [6.07, 6.45) is -1.69. The van der Waals surface area contributed by atoms with Crippen molar-refractivity contribution in [3.8, 4) is 17.1 Å². The van der Waals surface area contributed by atoms with Crippen LogP contribution in [0.25, 0.3) is 11.4 Å². The van der Waals surface area contributed by atoms with Gasteiger partial charge in [-0.2, -0.15) is 0 Å². The molecule has 1 fully saturated rings. The van der Waals surface area contributed by atoms with Crippen LogP contribution in [0.2, 0.25) is 0 Å². The fourth-order valence-electron chi connectivity index (χ4n) is 2.75. The second-order valence-corrected chi connectivity index (χ2v) is 8.12. The largest absolute Gasteiger partial charge is 0.573 e. The third-order valence-corrected chi connectivity index (χ3v) is 5.54. The highest BCUT2D eigenvalue weighted by atomic mass is 79.9. The Morgan fingerprint density at radius 1 is 1.38 bits per heavy atom. The molecule has 1 aromatic carbocycles. The third kappa shape index (κ3) is 3.77. The Morgan fingerprint density at radius 2 is 2.08 bits per heavy atom. The summed E-state index contributed by atoms with van der Waals surface area (Å²) >= 11 is 3.44. The van der Waals surface area contributed by atoms with Gasteiger partial charge in [0.05, 0.1) is 11.3 Å². The summed E-state index contributed by atoms with van der Waals surface area (Å²) in [6.45, 7) is 1.99. The quantitative estimate of drug-likeness (QED) is 0.639. The minimum absolute atomic E-state index is 0.191. The van der Waals surface area contributed by atoms with Gasteiger partial charge in [0.1, 0.15) is 16.2 Å². The van der Waals surface area contributed by atoms with Crippen LogP contribution in [0.1, 0.15) is 31.4 Å². The smallest absolute Gasteiger partial charge is 0.405 e. The van der Waals surface area contributed by atoms with Crippen molar-refractivity contribution in [2.45, 2.75) is 32.0 Å². The standard InChI is InChI=1S/C16H17BrF3N2OP/c1-3-24-10-6-7-11(12(8-10)23-16(18,19)20)15-21-14(17)13(22(15)2)9-4-5-9/h6-9,24H,3-5H2,1-2H3. The van der Waals surface area contributed by atoms with Gasteiger partial charge >= 0.3 is 6.36 Å². The molecule has 3 nitrogen and oxygen atoms in total. The van der Waals surface area contributed by atoms with E-state index in [1.165, 1.54) is 6.07 Å². The first-order valence-electron chi connectivity index (χ1n) is 7.66. The monoisotopic (exact) mass is 420 g/mol. The van der Waals surface area contributed by atoms with Gasteiger partial charge in [-0.05, 0) is 52.4 Å². The lowest BCUT2D eigenvalue weighted by molar-refractivity contribution is -0.274. The molecule has 130 valence electrons. The van der Waals surface area contributed by atoms with E-state index >= 15 is 0 Å². The number of benzene rings is 1. The van der Waals surface area contributed by atoms with E-state index in [2.05, 4.69) is 25.7 Å². The van der Waals surface area contributed by atoms with Crippen molar-refractivity contribution >= 4 is 29.8 Å². The summed E-state index contributed by atoms with van der Waals surface area (Å²) in [5, 5.41) is 0.844. The molecule has 1 aromatic heterocycles. The van der Waals surface area contributed by atoms with Crippen LogP contribution in [-0.2, 0) is 7.05 Å². The maximum atomic E-state index is 12.8. The number of rotatable bonds is 5. The summed E-state index contributed by atoms with van der Waals surface area (Å²) < 4.78 is 45.3. The van der Waals surface area contributed by atoms with Crippen LogP contribution >= 0.6 is 24.5 Å². The van der Waals surface area contributed by atoms with E-state index in [1.54, 1.807) is 6.07 Å². The first-order chi connectivity index (χ1) is 11.3. The molecule has 2 aromatic rings. The topological polar surface area (TPSA) is 27.1 Å². The number of alkyl halides is 3. The lowest BCUT2D eigenvalue weighted by atomic mass is 10.2. The van der Waals surface area contributed by atoms with E-state index < -0.39 is 6.36 Å². The fourth-order valence-corrected chi connectivity index (χ4v) is 4.35. The van der Waals surface area contributed by atoms with Crippen molar-refractivity contribution in [1.29, 1.82) is 0 Å². The Labute approximate surface area is 148 Å². The predicted octanol–water partition coefficient (Wildman–Crippen LogP) is 4.95. The predicted molar refractivity (Wildman–Crippen MR) is 93.5 cm³/mol. The summed E-state index contributed by atoms with van der Waals surface area (Å²) in [4.78, 5) is 4.44. The lowest BCUT2D eigenvalue weighted by Crippen LogP contribution is -2.18. The highest BCUT2D eigenvalue weighted by molar-refractivity contribution is 9.10. The minimum Gasteiger partial charge on any atom is -0.405 e. The normalized spacial score (nSPS) is 15.4. The molecule has 0 amide bonds. The number of ether oxygens (including phenoxy) is 1. The minimum atomic E-state index is -4.73. The SMILES string of the molecule is CCPc1ccc(-c2nc(Br)c(C3CC3)n2C)c(OC(F)(F)F)c1. The molecule has 0 bridgehead atoms. The molecule has 24 heavy (non-hydrogen) atoms. The maximum absolute atomic E-state index is 12.8. The Hall–Kier alpha value is -1.07. The zero-order valence-corrected chi connectivity index (χ0v) is 15.8. The molecular formula is C16H17BrF3N2OP. The van der Waals surface area contributed by atoms with Crippen LogP contribution in [0, 0.1) is 0 Å². The first-order valence-corrected chi connectivity index (χ1v) is 9.66. The van der Waals surface area contributed by atoms with E-state index in [4.69, 9.17) is 0 Å². The van der Waals surface area contributed by atoms with Gasteiger partial charge in [-0.3, -0.25) is 0 Å². The molecule has 1 heterocycles. The number of aromatic nitrogens is 2. The van der Waals surface area contributed by atoms with E-state index in [-0.39, 0.29) is 5.75 Å². The number of hydrogen-bond acceptors (Lipinski definition) is 2. The first kappa shape index (κ1) is 17.7. The molecule has 3 rings (SSSR count). The second kappa shape index (κ2) is 6.68. The van der Waals surface area contributed by atoms with Crippen molar-refractivity contribution in [1.82, 2.24) is 9.55 Å². The van der Waals surface area contributed by atoms with Gasteiger partial charge in [-0.15, -0.1) is 13.2 Å². The fraction of sp³-hybridized carbons (Fsp3) is 0.438. The second-order valence-electron chi connectivity index (χ2n) is 5.73. The van der Waals surface area contributed by atoms with Gasteiger partial charge in [-0.25, -0.2) is 4.98 Å². The molecule has 8 heteroatoms. The molecule has 1 aliphatic carbocycles. The van der Waals surface area contributed by atoms with Crippen LogP contribution in [0.15, 0.2) is 22.8 Å². The van der Waals surface area contributed by atoms with Crippen LogP contribution < -0.4 is 10.0 Å². The highest BCUT2D eigenvalue weighted by Gasteiger charge is 2.34. The van der Waals surface area contributed by atoms with Crippen molar-refractivity contribution in [2.75, 3.05) is 6.16 Å². The van der Waals surface area contributed by atoms with E-state index in [0.717, 1.165) is 30.0 Å². The molecule has 0 N–H and O–H groups in total. The molecule has 0 radical (unpaired) electrons. The van der Waals surface area contributed by atoms with Crippen molar-refractivity contribution in [2.24, 2.45) is 7.05 Å². The summed E-state index contributed by atoms with van der Waals surface area (Å²) in [7, 11) is 2.28. The summed E-state index contributed by atoms with van der Waals surface area (Å²) in [5.74, 6) is 0.719. The van der Waals surface area contributed by atoms with Gasteiger partial charge < -0.3 is 9.30 Å². The molecule has 1 unspecified atom stereocenters. The Morgan fingerprint density at radius 3 is 2.67 bits per heavy atom. The van der Waals surface area contributed by atoms with Gasteiger partial charge in [0, 0.05) is 13.0 Å². The Kier molecular flexibility index (Phi) is 4.94. The molecular weight excluding hydrogens is 404 g/mol. The number of nitrogens with zero attached hydrogens (tertiary/aromatic N) is 2. The zero-order valence-electron chi connectivity index (χ0n) is 13.2. The molecule has 1 aliphatic rings. The van der Waals surface area contributed by atoms with Gasteiger partial charge in [-0.1, -0.05) is 21.6 Å². The highest BCUT2D eigenvalue weighted by Crippen LogP contribution is 2.45. The van der Waals surface area contributed by atoms with Gasteiger partial charge in [0.15, 0.2) is 0 Å². The van der Waals surface area contributed by atoms with Crippen LogP contribution in [0.4, 0.5) is 13.2 Å². The lowest BCUT2D eigenvalue weighted by Gasteiger charge is -2.15. The summed E-state index contributed by atoms with van der Waals surface area (Å²) in [6, 6.07) is 4.99. The third-order valence-electron chi connectivity index (χ3n) is 3.89. The van der Waals surface area contributed by atoms with E-state index in [9.17, 15) is 13.2 Å². The van der Waals surface area contributed by atoms with Crippen LogP contribution in [0.5, 0.6) is 5.75 Å². The molecule has 0 aliphatic heterocycles. The van der Waals surface area contributed by atoms with Crippen molar-refractivity contribution < 1.29 is 17.9 Å². The number of halogens is 4. The summed E-state index contributed by atoms with van der Waals surface area (Å²) in [5.41, 5.74) is 1.38. The number of imidazole rings is 1. The molecule has 1 atom stereocenters. The average molecular weight is 421 g/mol. The van der Waals surface area contributed by atoms with Crippen molar-refractivity contribution in [3.63, 3.8) is 0 Å².